The number of nitrogens with one attached hydrogen (secondary N) is 2. The first kappa shape index (κ1) is 20.2. The Bertz CT molecular complexity index is 878. The summed E-state index contributed by atoms with van der Waals surface area (Å²) in [5.41, 5.74) is 3.87. The molecule has 0 aliphatic heterocycles. The van der Waals surface area contributed by atoms with Crippen LogP contribution in [0.3, 0.4) is 0 Å². The quantitative estimate of drug-likeness (QED) is 0.786. The zero-order chi connectivity index (χ0) is 20.3. The fourth-order valence-corrected chi connectivity index (χ4v) is 2.87. The van der Waals surface area contributed by atoms with E-state index < -0.39 is 23.9 Å². The molecule has 0 aliphatic carbocycles. The Hall–Kier alpha value is -3.09. The lowest BCUT2D eigenvalue weighted by Gasteiger charge is -2.16. The summed E-state index contributed by atoms with van der Waals surface area (Å²) in [6.45, 7) is 8.55. The van der Waals surface area contributed by atoms with E-state index >= 15 is 0 Å². The number of H-pyrrole nitrogens is 1. The predicted octanol–water partition coefficient (Wildman–Crippen LogP) is 3.22. The van der Waals surface area contributed by atoms with Gasteiger partial charge in [-0.3, -0.25) is 4.79 Å². The number of esters is 2. The van der Waals surface area contributed by atoms with Gasteiger partial charge in [0.2, 0.25) is 0 Å². The first-order valence-corrected chi connectivity index (χ1v) is 8.52. The van der Waals surface area contributed by atoms with E-state index in [0.29, 0.717) is 16.9 Å². The molecule has 0 fully saturated rings. The summed E-state index contributed by atoms with van der Waals surface area (Å²) in [7, 11) is 1.27. The van der Waals surface area contributed by atoms with Gasteiger partial charge in [-0.25, -0.2) is 9.59 Å². The van der Waals surface area contributed by atoms with Crippen LogP contribution in [0.15, 0.2) is 18.2 Å². The molecule has 7 heteroatoms. The molecular formula is C20H24N2O5. The topological polar surface area (TPSA) is 97.5 Å². The average molecular weight is 372 g/mol. The van der Waals surface area contributed by atoms with Crippen LogP contribution < -0.4 is 5.32 Å². The van der Waals surface area contributed by atoms with Crippen LogP contribution in [0, 0.1) is 27.7 Å². The smallest absolute Gasteiger partial charge is 0.355 e. The number of anilines is 1. The third-order valence-corrected chi connectivity index (χ3v) is 4.41. The van der Waals surface area contributed by atoms with Crippen molar-refractivity contribution in [2.75, 3.05) is 12.4 Å². The van der Waals surface area contributed by atoms with Crippen molar-refractivity contribution in [1.29, 1.82) is 0 Å². The number of aromatic amines is 1. The number of benzene rings is 1. The van der Waals surface area contributed by atoms with Gasteiger partial charge >= 0.3 is 11.9 Å². The van der Waals surface area contributed by atoms with E-state index in [1.54, 1.807) is 13.8 Å². The molecule has 1 amide bonds. The van der Waals surface area contributed by atoms with Crippen LogP contribution in [-0.2, 0) is 14.3 Å². The third kappa shape index (κ3) is 4.19. The minimum absolute atomic E-state index is 0.125. The summed E-state index contributed by atoms with van der Waals surface area (Å²) in [4.78, 5) is 39.5. The first-order chi connectivity index (χ1) is 12.7. The van der Waals surface area contributed by atoms with E-state index in [-0.39, 0.29) is 11.3 Å². The van der Waals surface area contributed by atoms with Crippen molar-refractivity contribution in [2.24, 2.45) is 0 Å². The van der Waals surface area contributed by atoms with Gasteiger partial charge in [0.1, 0.15) is 5.69 Å². The van der Waals surface area contributed by atoms with Crippen molar-refractivity contribution in [3.63, 3.8) is 0 Å². The zero-order valence-corrected chi connectivity index (χ0v) is 16.4. The molecule has 1 aromatic heterocycles. The van der Waals surface area contributed by atoms with Gasteiger partial charge in [-0.1, -0.05) is 18.2 Å². The second kappa shape index (κ2) is 8.07. The molecule has 0 unspecified atom stereocenters. The number of hydrogen-bond donors (Lipinski definition) is 2. The normalized spacial score (nSPS) is 11.6. The van der Waals surface area contributed by atoms with Crippen LogP contribution in [-0.4, -0.2) is 36.0 Å². The molecule has 0 aliphatic rings. The molecule has 1 aromatic carbocycles. The average Bonchev–Trinajstić information content (AvgIpc) is 2.91. The number of rotatable bonds is 5. The molecule has 144 valence electrons. The molecule has 1 atom stereocenters. The van der Waals surface area contributed by atoms with Crippen molar-refractivity contribution in [1.82, 2.24) is 4.98 Å². The Morgan fingerprint density at radius 2 is 1.63 bits per heavy atom. The molecule has 7 nitrogen and oxygen atoms in total. The van der Waals surface area contributed by atoms with Crippen LogP contribution in [0.2, 0.25) is 0 Å². The molecule has 2 N–H and O–H groups in total. The van der Waals surface area contributed by atoms with Gasteiger partial charge in [-0.2, -0.15) is 0 Å². The first-order valence-electron chi connectivity index (χ1n) is 8.52. The maximum atomic E-state index is 12.5. The SMILES string of the molecule is COC(=O)c1c(C)[nH]c(C(=O)O[C@H](C)C(=O)Nc2c(C)cccc2C)c1C. The zero-order valence-electron chi connectivity index (χ0n) is 16.4. The number of methoxy groups -OCH3 is 1. The van der Waals surface area contributed by atoms with E-state index in [9.17, 15) is 14.4 Å². The van der Waals surface area contributed by atoms with Gasteiger partial charge < -0.3 is 19.8 Å². The number of aromatic nitrogens is 1. The Morgan fingerprint density at radius 3 is 2.19 bits per heavy atom. The maximum absolute atomic E-state index is 12.5. The second-order valence-electron chi connectivity index (χ2n) is 6.42. The molecule has 0 saturated carbocycles. The molecule has 2 rings (SSSR count). The summed E-state index contributed by atoms with van der Waals surface area (Å²) in [5.74, 6) is -1.69. The highest BCUT2D eigenvalue weighted by atomic mass is 16.5. The molecular weight excluding hydrogens is 348 g/mol. The van der Waals surface area contributed by atoms with E-state index in [1.807, 2.05) is 32.0 Å². The van der Waals surface area contributed by atoms with Crippen molar-refractivity contribution < 1.29 is 23.9 Å². The number of amides is 1. The van der Waals surface area contributed by atoms with Crippen molar-refractivity contribution in [3.05, 3.63) is 51.8 Å². The number of hydrogen-bond acceptors (Lipinski definition) is 5. The number of ether oxygens (including phenoxy) is 2. The molecule has 0 radical (unpaired) electrons. The molecule has 2 aromatic rings. The van der Waals surface area contributed by atoms with Gasteiger partial charge in [0, 0.05) is 11.4 Å². The standard InChI is InChI=1S/C20H24N2O5/c1-10-8-7-9-11(2)16(10)22-18(23)14(5)27-20(25)17-12(3)15(13(4)21-17)19(24)26-6/h7-9,14,21H,1-6H3,(H,22,23)/t14-/m1/s1. The Morgan fingerprint density at radius 1 is 1.04 bits per heavy atom. The Balaban J connectivity index is 2.14. The molecule has 0 bridgehead atoms. The molecule has 1 heterocycles. The lowest BCUT2D eigenvalue weighted by molar-refractivity contribution is -0.123. The fraction of sp³-hybridized carbons (Fsp3) is 0.350. The monoisotopic (exact) mass is 372 g/mol. The highest BCUT2D eigenvalue weighted by molar-refractivity contribution is 6.00. The number of para-hydroxylation sites is 1. The van der Waals surface area contributed by atoms with Gasteiger partial charge in [0.05, 0.1) is 12.7 Å². The fourth-order valence-electron chi connectivity index (χ4n) is 2.87. The number of carbonyl (C=O) groups is 3. The summed E-state index contributed by atoms with van der Waals surface area (Å²) < 4.78 is 10.0. The van der Waals surface area contributed by atoms with E-state index in [1.165, 1.54) is 14.0 Å². The van der Waals surface area contributed by atoms with Gasteiger partial charge in [-0.15, -0.1) is 0 Å². The summed E-state index contributed by atoms with van der Waals surface area (Å²) >= 11 is 0. The Labute approximate surface area is 158 Å². The van der Waals surface area contributed by atoms with Crippen LogP contribution in [0.1, 0.15) is 50.2 Å². The lowest BCUT2D eigenvalue weighted by atomic mass is 10.1. The molecule has 27 heavy (non-hydrogen) atoms. The lowest BCUT2D eigenvalue weighted by Crippen LogP contribution is -2.30. The van der Waals surface area contributed by atoms with E-state index in [4.69, 9.17) is 9.47 Å². The third-order valence-electron chi connectivity index (χ3n) is 4.41. The van der Waals surface area contributed by atoms with Crippen LogP contribution in [0.5, 0.6) is 0 Å². The largest absolute Gasteiger partial charge is 0.465 e. The van der Waals surface area contributed by atoms with Crippen LogP contribution >= 0.6 is 0 Å². The van der Waals surface area contributed by atoms with Crippen LogP contribution in [0.4, 0.5) is 5.69 Å². The molecule has 0 saturated heterocycles. The summed E-state index contributed by atoms with van der Waals surface area (Å²) in [6.07, 6.45) is -1.01. The van der Waals surface area contributed by atoms with Crippen molar-refractivity contribution >= 4 is 23.5 Å². The van der Waals surface area contributed by atoms with E-state index in [2.05, 4.69) is 10.3 Å². The van der Waals surface area contributed by atoms with Gasteiger partial charge in [0.25, 0.3) is 5.91 Å². The van der Waals surface area contributed by atoms with E-state index in [0.717, 1.165) is 11.1 Å². The second-order valence-corrected chi connectivity index (χ2v) is 6.42. The summed E-state index contributed by atoms with van der Waals surface area (Å²) in [5, 5.41) is 2.79. The number of carbonyl (C=O) groups excluding carboxylic acids is 3. The number of aryl methyl sites for hydroxylation is 3. The molecule has 0 spiro atoms. The minimum Gasteiger partial charge on any atom is -0.465 e. The highest BCUT2D eigenvalue weighted by Crippen LogP contribution is 2.22. The Kier molecular flexibility index (Phi) is 6.05. The van der Waals surface area contributed by atoms with Gasteiger partial charge in [-0.05, 0) is 51.3 Å². The maximum Gasteiger partial charge on any atom is 0.355 e. The van der Waals surface area contributed by atoms with Crippen molar-refractivity contribution in [3.8, 4) is 0 Å². The van der Waals surface area contributed by atoms with Gasteiger partial charge in [0.15, 0.2) is 6.10 Å². The minimum atomic E-state index is -1.01. The van der Waals surface area contributed by atoms with Crippen molar-refractivity contribution in [2.45, 2.75) is 40.7 Å². The summed E-state index contributed by atoms with van der Waals surface area (Å²) in [6, 6.07) is 5.68. The van der Waals surface area contributed by atoms with Crippen LogP contribution in [0.25, 0.3) is 0 Å². The predicted molar refractivity (Wildman–Crippen MR) is 101 cm³/mol. The highest BCUT2D eigenvalue weighted by Gasteiger charge is 2.26.